The first-order valence-electron chi connectivity index (χ1n) is 4.09. The van der Waals surface area contributed by atoms with Gasteiger partial charge >= 0.3 is 11.9 Å². The van der Waals surface area contributed by atoms with Crippen LogP contribution in [0.15, 0.2) is 4.58 Å². The quantitative estimate of drug-likeness (QED) is 0.217. The summed E-state index contributed by atoms with van der Waals surface area (Å²) in [5, 5.41) is 17.0. The Bertz CT molecular complexity index is 277. The van der Waals surface area contributed by atoms with Crippen LogP contribution >= 0.6 is 20.9 Å². The molecule has 0 aliphatic rings. The fraction of sp³-hybridized carbons (Fsp3) is 0.667. The molecule has 0 aromatic heterocycles. The third kappa shape index (κ3) is 5.90. The maximum absolute atomic E-state index is 10.4. The van der Waals surface area contributed by atoms with Crippen molar-refractivity contribution in [3.8, 4) is 0 Å². The Kier molecular flexibility index (Phi) is 7.05. The first kappa shape index (κ1) is 15.2. The maximum atomic E-state index is 10.4. The molecule has 0 aromatic carbocycles. The third-order valence-corrected chi connectivity index (χ3v) is 5.16. The molecule has 0 heterocycles. The highest BCUT2D eigenvalue weighted by Crippen LogP contribution is 2.41. The average Bonchev–Trinajstić information content (AvgIpc) is 2.22. The van der Waals surface area contributed by atoms with Crippen molar-refractivity contribution in [3.63, 3.8) is 0 Å². The van der Waals surface area contributed by atoms with E-state index in [4.69, 9.17) is 21.7 Å². The molecule has 0 spiro atoms. The van der Waals surface area contributed by atoms with Crippen LogP contribution in [-0.2, 0) is 9.59 Å². The Labute approximate surface area is 97.6 Å². The van der Waals surface area contributed by atoms with Crippen molar-refractivity contribution in [2.45, 2.75) is 12.1 Å². The van der Waals surface area contributed by atoms with Crippen LogP contribution in [0, 0.1) is 4.91 Å². The van der Waals surface area contributed by atoms with Gasteiger partial charge in [-0.1, -0.05) is 20.9 Å². The number of rotatable bonds is 8. The summed E-state index contributed by atoms with van der Waals surface area (Å²) in [5.41, 5.74) is 10.4. The lowest BCUT2D eigenvalue weighted by Crippen LogP contribution is -2.34. The molecule has 8 nitrogen and oxygen atoms in total. The van der Waals surface area contributed by atoms with Gasteiger partial charge in [0.1, 0.15) is 12.1 Å². The van der Waals surface area contributed by atoms with Crippen molar-refractivity contribution in [3.05, 3.63) is 4.91 Å². The smallest absolute Gasteiger partial charge is 0.321 e. The molecule has 0 radical (unpaired) electrons. The number of carbonyl (C=O) groups is 2. The van der Waals surface area contributed by atoms with E-state index >= 15 is 0 Å². The summed E-state index contributed by atoms with van der Waals surface area (Å²) >= 11 is 0. The SMILES string of the molecule is N[C@H](CS[SH](C[C@@H](N)C(=O)O)N=O)C(=O)O. The predicted octanol–water partition coefficient (Wildman–Crippen LogP) is -0.859. The molecule has 10 heteroatoms. The fourth-order valence-electron chi connectivity index (χ4n) is 0.594. The molecule has 0 bridgehead atoms. The number of nitroso groups, excluding NO2 is 1. The number of nitrogens with two attached hydrogens (primary N) is 2. The standard InChI is InChI=1S/C6H13N3O5S2/c7-3(5(10)11)1-15-16(9-14)2-4(8)6(12)13/h3-4,16H,1-2,7-8H2,(H,10,11)(H,12,13)/t3-,4-/m1/s1. The van der Waals surface area contributed by atoms with E-state index in [1.54, 1.807) is 0 Å². The van der Waals surface area contributed by atoms with Crippen molar-refractivity contribution in [2.24, 2.45) is 16.0 Å². The van der Waals surface area contributed by atoms with Crippen molar-refractivity contribution in [1.29, 1.82) is 0 Å². The molecule has 0 aromatic rings. The van der Waals surface area contributed by atoms with Gasteiger partial charge in [-0.2, -0.15) is 0 Å². The lowest BCUT2D eigenvalue weighted by molar-refractivity contribution is -0.138. The van der Waals surface area contributed by atoms with Gasteiger partial charge in [0.15, 0.2) is 0 Å². The molecule has 0 amide bonds. The van der Waals surface area contributed by atoms with Gasteiger partial charge in [0.05, 0.1) is 0 Å². The Balaban J connectivity index is 4.06. The van der Waals surface area contributed by atoms with Crippen molar-refractivity contribution >= 4 is 32.8 Å². The van der Waals surface area contributed by atoms with E-state index in [2.05, 4.69) is 4.58 Å². The van der Waals surface area contributed by atoms with Crippen molar-refractivity contribution < 1.29 is 19.8 Å². The molecule has 3 atom stereocenters. The van der Waals surface area contributed by atoms with E-state index in [-0.39, 0.29) is 11.5 Å². The van der Waals surface area contributed by atoms with E-state index in [0.29, 0.717) is 0 Å². The zero-order valence-electron chi connectivity index (χ0n) is 8.15. The zero-order valence-corrected chi connectivity index (χ0v) is 9.86. The minimum absolute atomic E-state index is 0.000877. The van der Waals surface area contributed by atoms with Crippen molar-refractivity contribution in [1.82, 2.24) is 0 Å². The number of aliphatic carboxylic acids is 2. The topological polar surface area (TPSA) is 156 Å². The average molecular weight is 271 g/mol. The molecule has 6 N–H and O–H groups in total. The Morgan fingerprint density at radius 2 is 1.75 bits per heavy atom. The van der Waals surface area contributed by atoms with E-state index in [1.807, 2.05) is 0 Å². The summed E-state index contributed by atoms with van der Waals surface area (Å²) in [6, 6.07) is -2.27. The van der Waals surface area contributed by atoms with Crippen LogP contribution in [0.4, 0.5) is 0 Å². The second-order valence-corrected chi connectivity index (χ2v) is 6.67. The summed E-state index contributed by atoms with van der Waals surface area (Å²) in [4.78, 5) is 31.1. The van der Waals surface area contributed by atoms with Crippen LogP contribution in [0.2, 0.25) is 0 Å². The molecule has 0 rings (SSSR count). The van der Waals surface area contributed by atoms with E-state index in [0.717, 1.165) is 10.8 Å². The number of nitrogens with zero attached hydrogens (tertiary/aromatic N) is 1. The number of carboxylic acids is 2. The zero-order chi connectivity index (χ0) is 12.7. The van der Waals surface area contributed by atoms with Gasteiger partial charge in [0, 0.05) is 11.5 Å². The minimum Gasteiger partial charge on any atom is -0.480 e. The van der Waals surface area contributed by atoms with Crippen LogP contribution in [0.3, 0.4) is 0 Å². The molecule has 0 saturated carbocycles. The van der Waals surface area contributed by atoms with Crippen LogP contribution < -0.4 is 11.5 Å². The number of carboxylic acid groups (broad SMARTS) is 2. The van der Waals surface area contributed by atoms with Gasteiger partial charge in [-0.25, -0.2) is 0 Å². The first-order chi connectivity index (χ1) is 7.38. The maximum Gasteiger partial charge on any atom is 0.321 e. The van der Waals surface area contributed by atoms with Crippen LogP contribution in [0.5, 0.6) is 0 Å². The Hall–Kier alpha value is -0.840. The van der Waals surface area contributed by atoms with Crippen molar-refractivity contribution in [2.75, 3.05) is 11.5 Å². The summed E-state index contributed by atoms with van der Waals surface area (Å²) < 4.78 is 2.73. The molecule has 0 aliphatic carbocycles. The van der Waals surface area contributed by atoms with E-state index in [1.165, 1.54) is 0 Å². The molecule has 0 saturated heterocycles. The second-order valence-electron chi connectivity index (χ2n) is 2.80. The number of thiol groups is 1. The Morgan fingerprint density at radius 1 is 1.25 bits per heavy atom. The molecule has 94 valence electrons. The largest absolute Gasteiger partial charge is 0.480 e. The van der Waals surface area contributed by atoms with E-state index in [9.17, 15) is 14.5 Å². The van der Waals surface area contributed by atoms with Gasteiger partial charge < -0.3 is 21.7 Å². The lowest BCUT2D eigenvalue weighted by atomic mass is 10.4. The molecule has 16 heavy (non-hydrogen) atoms. The first-order valence-corrected chi connectivity index (χ1v) is 7.16. The monoisotopic (exact) mass is 271 g/mol. The van der Waals surface area contributed by atoms with Gasteiger partial charge in [-0.15, -0.1) is 4.91 Å². The Morgan fingerprint density at radius 3 is 2.12 bits per heavy atom. The highest BCUT2D eigenvalue weighted by atomic mass is 33.1. The van der Waals surface area contributed by atoms with Crippen LogP contribution in [0.1, 0.15) is 0 Å². The minimum atomic E-state index is -1.55. The van der Waals surface area contributed by atoms with Gasteiger partial charge in [0.25, 0.3) is 0 Å². The predicted molar refractivity (Wildman–Crippen MR) is 63.3 cm³/mol. The summed E-state index contributed by atoms with van der Waals surface area (Å²) in [7, 11) is -0.610. The highest BCUT2D eigenvalue weighted by molar-refractivity contribution is 8.84. The summed E-state index contributed by atoms with van der Waals surface area (Å²) in [6.45, 7) is 0. The molecular formula is C6H13N3O5S2. The second kappa shape index (κ2) is 7.44. The van der Waals surface area contributed by atoms with Crippen LogP contribution in [-0.4, -0.2) is 45.7 Å². The van der Waals surface area contributed by atoms with Gasteiger partial charge in [-0.3, -0.25) is 9.59 Å². The lowest BCUT2D eigenvalue weighted by Gasteiger charge is -2.15. The molecule has 1 unspecified atom stereocenters. The molecular weight excluding hydrogens is 258 g/mol. The molecule has 0 aliphatic heterocycles. The number of hydrogen-bond donors (Lipinski definition) is 5. The number of hydrogen-bond acceptors (Lipinski definition) is 7. The van der Waals surface area contributed by atoms with Gasteiger partial charge in [0.2, 0.25) is 0 Å². The summed E-state index contributed by atoms with van der Waals surface area (Å²) in [6.07, 6.45) is 0. The van der Waals surface area contributed by atoms with E-state index < -0.39 is 34.1 Å². The van der Waals surface area contributed by atoms with Gasteiger partial charge in [-0.05, 0) is 4.58 Å². The fourth-order valence-corrected chi connectivity index (χ4v) is 3.72. The molecule has 0 fully saturated rings. The van der Waals surface area contributed by atoms with Crippen LogP contribution in [0.25, 0.3) is 0 Å². The highest BCUT2D eigenvalue weighted by Gasteiger charge is 2.19. The normalized spacial score (nSPS) is 17.2. The summed E-state index contributed by atoms with van der Waals surface area (Å²) in [5.74, 6) is -2.50. The third-order valence-electron chi connectivity index (χ3n) is 1.48.